The van der Waals surface area contributed by atoms with E-state index in [-0.39, 0.29) is 0 Å². The number of hydrogen-bond donors (Lipinski definition) is 0. The molecular formula is C19H15ClF2O3S. The molecule has 26 heavy (non-hydrogen) atoms. The zero-order valence-corrected chi connectivity index (χ0v) is 15.6. The highest BCUT2D eigenvalue weighted by molar-refractivity contribution is 7.90. The lowest BCUT2D eigenvalue weighted by Gasteiger charge is -2.12. The molecule has 1 aliphatic carbocycles. The third-order valence-electron chi connectivity index (χ3n) is 4.11. The van der Waals surface area contributed by atoms with E-state index in [9.17, 15) is 17.2 Å². The van der Waals surface area contributed by atoms with Gasteiger partial charge in [-0.3, -0.25) is 0 Å². The number of ether oxygens (including phenoxy) is 1. The summed E-state index contributed by atoms with van der Waals surface area (Å²) in [5.41, 5.74) is 2.51. The third kappa shape index (κ3) is 3.39. The fourth-order valence-corrected chi connectivity index (χ4v) is 4.06. The molecule has 0 fully saturated rings. The van der Waals surface area contributed by atoms with E-state index in [2.05, 4.69) is 0 Å². The van der Waals surface area contributed by atoms with E-state index in [1.54, 1.807) is 18.2 Å². The molecular weight excluding hydrogens is 382 g/mol. The summed E-state index contributed by atoms with van der Waals surface area (Å²) in [5, 5.41) is 0.418. The van der Waals surface area contributed by atoms with Crippen molar-refractivity contribution in [2.75, 3.05) is 13.4 Å². The Morgan fingerprint density at radius 1 is 1.08 bits per heavy atom. The second-order valence-electron chi connectivity index (χ2n) is 5.89. The molecule has 0 heterocycles. The quantitative estimate of drug-likeness (QED) is 0.738. The SMILES string of the molecule is COc1ccc(C2=C(c3cc(F)c(S(C)(=O)=O)c(F)c3)CC=C2)cc1Cl. The Balaban J connectivity index is 2.14. The molecule has 1 aliphatic rings. The monoisotopic (exact) mass is 396 g/mol. The number of allylic oxidation sites excluding steroid dienone is 4. The first-order chi connectivity index (χ1) is 12.2. The lowest BCUT2D eigenvalue weighted by Crippen LogP contribution is -2.05. The summed E-state index contributed by atoms with van der Waals surface area (Å²) in [6, 6.07) is 7.32. The molecule has 0 unspecified atom stereocenters. The average molecular weight is 397 g/mol. The molecule has 0 saturated heterocycles. The molecule has 0 aliphatic heterocycles. The molecule has 0 amide bonds. The maximum atomic E-state index is 14.3. The van der Waals surface area contributed by atoms with Crippen LogP contribution in [0.3, 0.4) is 0 Å². The number of rotatable bonds is 4. The van der Waals surface area contributed by atoms with E-state index in [1.165, 1.54) is 7.11 Å². The van der Waals surface area contributed by atoms with Crippen molar-refractivity contribution in [1.82, 2.24) is 0 Å². The standard InChI is InChI=1S/C19H15ClF2O3S/c1-25-18-7-6-11(8-15(18)20)13-4-3-5-14(13)12-9-16(21)19(17(22)10-12)26(2,23)24/h3-4,6-10H,5H2,1-2H3. The van der Waals surface area contributed by atoms with Gasteiger partial charge < -0.3 is 4.74 Å². The molecule has 0 saturated carbocycles. The summed E-state index contributed by atoms with van der Waals surface area (Å²) in [7, 11) is -2.49. The summed E-state index contributed by atoms with van der Waals surface area (Å²) in [5.74, 6) is -1.68. The lowest BCUT2D eigenvalue weighted by atomic mass is 9.96. The van der Waals surface area contributed by atoms with Crippen LogP contribution in [0.2, 0.25) is 5.02 Å². The predicted molar refractivity (Wildman–Crippen MR) is 98.0 cm³/mol. The molecule has 2 aromatic rings. The van der Waals surface area contributed by atoms with Crippen LogP contribution >= 0.6 is 11.6 Å². The van der Waals surface area contributed by atoms with Crippen LogP contribution in [0.4, 0.5) is 8.78 Å². The Bertz CT molecular complexity index is 1030. The zero-order valence-electron chi connectivity index (χ0n) is 14.0. The van der Waals surface area contributed by atoms with Crippen LogP contribution in [0.15, 0.2) is 47.4 Å². The van der Waals surface area contributed by atoms with Crippen LogP contribution in [0.25, 0.3) is 11.1 Å². The molecule has 3 rings (SSSR count). The van der Waals surface area contributed by atoms with Gasteiger partial charge >= 0.3 is 0 Å². The summed E-state index contributed by atoms with van der Waals surface area (Å²) in [6.07, 6.45) is 4.95. The van der Waals surface area contributed by atoms with Crippen molar-refractivity contribution in [3.8, 4) is 5.75 Å². The van der Waals surface area contributed by atoms with Crippen LogP contribution in [0, 0.1) is 11.6 Å². The largest absolute Gasteiger partial charge is 0.495 e. The predicted octanol–water partition coefficient (Wildman–Crippen LogP) is 4.90. The van der Waals surface area contributed by atoms with E-state index in [0.29, 0.717) is 28.3 Å². The summed E-state index contributed by atoms with van der Waals surface area (Å²) < 4.78 is 56.8. The molecule has 3 nitrogen and oxygen atoms in total. The Morgan fingerprint density at radius 2 is 1.73 bits per heavy atom. The molecule has 136 valence electrons. The summed E-state index contributed by atoms with van der Waals surface area (Å²) in [4.78, 5) is -0.915. The lowest BCUT2D eigenvalue weighted by molar-refractivity contribution is 0.415. The van der Waals surface area contributed by atoms with Gasteiger partial charge in [0.25, 0.3) is 0 Å². The zero-order chi connectivity index (χ0) is 19.1. The topological polar surface area (TPSA) is 43.4 Å². The first-order valence-corrected chi connectivity index (χ1v) is 9.92. The van der Waals surface area contributed by atoms with Gasteiger partial charge in [0.05, 0.1) is 12.1 Å². The Morgan fingerprint density at radius 3 is 2.27 bits per heavy atom. The minimum Gasteiger partial charge on any atom is -0.495 e. The van der Waals surface area contributed by atoms with Crippen LogP contribution in [-0.4, -0.2) is 21.8 Å². The van der Waals surface area contributed by atoms with Gasteiger partial charge in [-0.15, -0.1) is 0 Å². The highest BCUT2D eigenvalue weighted by Gasteiger charge is 2.23. The van der Waals surface area contributed by atoms with Crippen LogP contribution in [-0.2, 0) is 9.84 Å². The maximum absolute atomic E-state index is 14.3. The Hall–Kier alpha value is -2.18. The highest BCUT2D eigenvalue weighted by Crippen LogP contribution is 2.38. The van der Waals surface area contributed by atoms with E-state index in [0.717, 1.165) is 29.5 Å². The first kappa shape index (κ1) is 18.6. The van der Waals surface area contributed by atoms with Gasteiger partial charge in [-0.1, -0.05) is 29.8 Å². The number of methoxy groups -OCH3 is 1. The molecule has 0 aromatic heterocycles. The molecule has 0 N–H and O–H groups in total. The van der Waals surface area contributed by atoms with Crippen molar-refractivity contribution >= 4 is 32.6 Å². The molecule has 0 radical (unpaired) electrons. The van der Waals surface area contributed by atoms with Gasteiger partial charge in [0.2, 0.25) is 0 Å². The molecule has 7 heteroatoms. The van der Waals surface area contributed by atoms with Crippen LogP contribution in [0.1, 0.15) is 17.5 Å². The highest BCUT2D eigenvalue weighted by atomic mass is 35.5. The van der Waals surface area contributed by atoms with Gasteiger partial charge in [0.1, 0.15) is 22.3 Å². The van der Waals surface area contributed by atoms with Crippen molar-refractivity contribution in [3.05, 3.63) is 70.3 Å². The van der Waals surface area contributed by atoms with Crippen molar-refractivity contribution in [2.24, 2.45) is 0 Å². The fraction of sp³-hybridized carbons (Fsp3) is 0.158. The van der Waals surface area contributed by atoms with Gasteiger partial charge in [0.15, 0.2) is 9.84 Å². The average Bonchev–Trinajstić information content (AvgIpc) is 3.02. The van der Waals surface area contributed by atoms with Gasteiger partial charge in [-0.05, 0) is 53.0 Å². The summed E-state index contributed by atoms with van der Waals surface area (Å²) in [6.45, 7) is 0. The molecule has 0 bridgehead atoms. The number of halogens is 3. The van der Waals surface area contributed by atoms with E-state index >= 15 is 0 Å². The van der Waals surface area contributed by atoms with Crippen LogP contribution < -0.4 is 4.74 Å². The second-order valence-corrected chi connectivity index (χ2v) is 8.25. The molecule has 0 atom stereocenters. The summed E-state index contributed by atoms with van der Waals surface area (Å²) >= 11 is 6.16. The minimum atomic E-state index is -4.00. The van der Waals surface area contributed by atoms with E-state index < -0.39 is 26.4 Å². The third-order valence-corrected chi connectivity index (χ3v) is 5.54. The first-order valence-electron chi connectivity index (χ1n) is 7.65. The van der Waals surface area contributed by atoms with Gasteiger partial charge in [-0.2, -0.15) is 0 Å². The van der Waals surface area contributed by atoms with Crippen molar-refractivity contribution in [2.45, 2.75) is 11.3 Å². The molecule has 2 aromatic carbocycles. The Kier molecular flexibility index (Phi) is 4.90. The second kappa shape index (κ2) is 6.85. The maximum Gasteiger partial charge on any atom is 0.181 e. The van der Waals surface area contributed by atoms with Crippen molar-refractivity contribution in [3.63, 3.8) is 0 Å². The molecule has 0 spiro atoms. The van der Waals surface area contributed by atoms with E-state index in [4.69, 9.17) is 16.3 Å². The normalized spacial score (nSPS) is 14.2. The minimum absolute atomic E-state index is 0.291. The number of benzene rings is 2. The Labute approximate surface area is 155 Å². The number of hydrogen-bond acceptors (Lipinski definition) is 3. The van der Waals surface area contributed by atoms with Crippen LogP contribution in [0.5, 0.6) is 5.75 Å². The fourth-order valence-electron chi connectivity index (χ4n) is 2.97. The van der Waals surface area contributed by atoms with E-state index in [1.807, 2.05) is 12.2 Å². The van der Waals surface area contributed by atoms with Gasteiger partial charge in [0, 0.05) is 6.26 Å². The number of sulfone groups is 1. The smallest absolute Gasteiger partial charge is 0.181 e. The van der Waals surface area contributed by atoms with Crippen molar-refractivity contribution in [1.29, 1.82) is 0 Å². The van der Waals surface area contributed by atoms with Gasteiger partial charge in [-0.25, -0.2) is 17.2 Å². The van der Waals surface area contributed by atoms with Crippen molar-refractivity contribution < 1.29 is 21.9 Å².